The number of rotatable bonds is 6. The molecule has 9 nitrogen and oxygen atoms in total. The molecule has 11 heteroatoms. The molecule has 1 fully saturated rings. The number of carbonyl (C=O) groups is 1. The average Bonchev–Trinajstić information content (AvgIpc) is 3.33. The first kappa shape index (κ1) is 23.1. The molecule has 0 aliphatic carbocycles. The van der Waals surface area contributed by atoms with Crippen LogP contribution in [-0.2, 0) is 10.0 Å². The monoisotopic (exact) mass is 491 g/mol. The van der Waals surface area contributed by atoms with Gasteiger partial charge in [-0.1, -0.05) is 28.9 Å². The van der Waals surface area contributed by atoms with Crippen LogP contribution in [0.15, 0.2) is 57.9 Å². The van der Waals surface area contributed by atoms with Crippen molar-refractivity contribution in [2.24, 2.45) is 0 Å². The van der Waals surface area contributed by atoms with Gasteiger partial charge in [0.15, 0.2) is 11.5 Å². The Balaban J connectivity index is 1.46. The van der Waals surface area contributed by atoms with Gasteiger partial charge >= 0.3 is 0 Å². The van der Waals surface area contributed by atoms with Gasteiger partial charge in [-0.15, -0.1) is 0 Å². The van der Waals surface area contributed by atoms with Gasteiger partial charge in [0.1, 0.15) is 16.4 Å². The summed E-state index contributed by atoms with van der Waals surface area (Å²) in [5, 5.41) is 4.43. The molecule has 2 aromatic carbocycles. The number of aromatic nitrogens is 1. The minimum absolute atomic E-state index is 0.0202. The predicted molar refractivity (Wildman–Crippen MR) is 121 cm³/mol. The molecule has 0 atom stereocenters. The van der Waals surface area contributed by atoms with Crippen LogP contribution in [0.3, 0.4) is 0 Å². The zero-order valence-corrected chi connectivity index (χ0v) is 19.6. The summed E-state index contributed by atoms with van der Waals surface area (Å²) in [4.78, 5) is 14.5. The number of ether oxygens (including phenoxy) is 2. The second kappa shape index (κ2) is 9.42. The van der Waals surface area contributed by atoms with Crippen molar-refractivity contribution in [1.82, 2.24) is 14.4 Å². The highest BCUT2D eigenvalue weighted by Crippen LogP contribution is 2.31. The van der Waals surface area contributed by atoms with Crippen LogP contribution >= 0.6 is 11.6 Å². The second-order valence-electron chi connectivity index (χ2n) is 7.30. The second-order valence-corrected chi connectivity index (χ2v) is 9.64. The molecular weight excluding hydrogens is 470 g/mol. The lowest BCUT2D eigenvalue weighted by molar-refractivity contribution is 0.0687. The van der Waals surface area contributed by atoms with Crippen LogP contribution in [0.5, 0.6) is 11.5 Å². The third-order valence-corrected chi connectivity index (χ3v) is 7.51. The first-order chi connectivity index (χ1) is 15.8. The number of hydrogen-bond donors (Lipinski definition) is 0. The summed E-state index contributed by atoms with van der Waals surface area (Å²) < 4.78 is 43.5. The Morgan fingerprint density at radius 2 is 1.79 bits per heavy atom. The Kier molecular flexibility index (Phi) is 6.59. The van der Waals surface area contributed by atoms with Gasteiger partial charge in [-0.2, -0.15) is 4.31 Å². The standard InChI is InChI=1S/C22H22ClN3O6S/c1-30-17-6-7-19(31-2)21(13-17)33(28,29)26-10-8-25(9-11-26)22(27)18-14-20(32-24-18)15-4-3-5-16(23)12-15/h3-7,12-14H,8-11H2,1-2H3. The maximum absolute atomic E-state index is 13.2. The van der Waals surface area contributed by atoms with E-state index in [1.165, 1.54) is 24.6 Å². The van der Waals surface area contributed by atoms with Gasteiger partial charge < -0.3 is 18.9 Å². The Morgan fingerprint density at radius 3 is 2.45 bits per heavy atom. The Bertz CT molecular complexity index is 1270. The number of carbonyl (C=O) groups excluding carboxylic acids is 1. The fourth-order valence-electron chi connectivity index (χ4n) is 3.57. The molecule has 1 saturated heterocycles. The molecule has 2 heterocycles. The molecule has 0 spiro atoms. The molecule has 1 aromatic heterocycles. The van der Waals surface area contributed by atoms with Gasteiger partial charge in [0.05, 0.1) is 14.2 Å². The molecule has 0 unspecified atom stereocenters. The van der Waals surface area contributed by atoms with Gasteiger partial charge in [-0.3, -0.25) is 4.79 Å². The van der Waals surface area contributed by atoms with Gasteiger partial charge in [0, 0.05) is 48.9 Å². The van der Waals surface area contributed by atoms with E-state index < -0.39 is 10.0 Å². The summed E-state index contributed by atoms with van der Waals surface area (Å²) in [6.45, 7) is 0.689. The lowest BCUT2D eigenvalue weighted by Crippen LogP contribution is -2.50. The van der Waals surface area contributed by atoms with Crippen LogP contribution in [0.25, 0.3) is 11.3 Å². The molecule has 3 aromatic rings. The molecule has 0 N–H and O–H groups in total. The fourth-order valence-corrected chi connectivity index (χ4v) is 5.36. The van der Waals surface area contributed by atoms with Gasteiger partial charge in [-0.05, 0) is 24.3 Å². The molecule has 4 rings (SSSR count). The molecule has 0 bridgehead atoms. The average molecular weight is 492 g/mol. The minimum Gasteiger partial charge on any atom is -0.497 e. The van der Waals surface area contributed by atoms with Crippen molar-refractivity contribution in [3.05, 3.63) is 59.2 Å². The highest BCUT2D eigenvalue weighted by atomic mass is 35.5. The van der Waals surface area contributed by atoms with Gasteiger partial charge in [-0.25, -0.2) is 8.42 Å². The predicted octanol–water partition coefficient (Wildman–Crippen LogP) is 3.16. The van der Waals surface area contributed by atoms with Gasteiger partial charge in [0.2, 0.25) is 10.0 Å². The maximum atomic E-state index is 13.2. The van der Waals surface area contributed by atoms with E-state index in [-0.39, 0.29) is 48.4 Å². The van der Waals surface area contributed by atoms with E-state index in [9.17, 15) is 13.2 Å². The zero-order valence-electron chi connectivity index (χ0n) is 18.0. The minimum atomic E-state index is -3.84. The van der Waals surface area contributed by atoms with Crippen molar-refractivity contribution in [3.63, 3.8) is 0 Å². The van der Waals surface area contributed by atoms with E-state index in [1.807, 2.05) is 0 Å². The summed E-state index contributed by atoms with van der Waals surface area (Å²) in [6.07, 6.45) is 0. The summed E-state index contributed by atoms with van der Waals surface area (Å²) in [5.74, 6) is 0.727. The Labute approximate surface area is 196 Å². The highest BCUT2D eigenvalue weighted by molar-refractivity contribution is 7.89. The van der Waals surface area contributed by atoms with E-state index in [2.05, 4.69) is 5.16 Å². The summed E-state index contributed by atoms with van der Waals surface area (Å²) in [5.41, 5.74) is 0.855. The number of amides is 1. The molecule has 1 amide bonds. The lowest BCUT2D eigenvalue weighted by Gasteiger charge is -2.33. The van der Waals surface area contributed by atoms with Crippen LogP contribution in [0.2, 0.25) is 5.02 Å². The maximum Gasteiger partial charge on any atom is 0.276 e. The molecule has 1 aliphatic rings. The number of halogens is 1. The van der Waals surface area contributed by atoms with E-state index in [4.69, 9.17) is 25.6 Å². The molecular formula is C22H22ClN3O6S. The van der Waals surface area contributed by atoms with E-state index in [0.29, 0.717) is 22.1 Å². The Morgan fingerprint density at radius 1 is 1.03 bits per heavy atom. The van der Waals surface area contributed by atoms with Crippen LogP contribution in [-0.4, -0.2) is 69.1 Å². The summed E-state index contributed by atoms with van der Waals surface area (Å²) in [7, 11) is -0.971. The number of nitrogens with zero attached hydrogens (tertiary/aromatic N) is 3. The van der Waals surface area contributed by atoms with Crippen LogP contribution in [0.4, 0.5) is 0 Å². The largest absolute Gasteiger partial charge is 0.497 e. The van der Waals surface area contributed by atoms with Crippen molar-refractivity contribution in [1.29, 1.82) is 0 Å². The van der Waals surface area contributed by atoms with Crippen molar-refractivity contribution in [2.45, 2.75) is 4.90 Å². The third-order valence-electron chi connectivity index (χ3n) is 5.35. The number of methoxy groups -OCH3 is 2. The lowest BCUT2D eigenvalue weighted by atomic mass is 10.1. The highest BCUT2D eigenvalue weighted by Gasteiger charge is 2.33. The van der Waals surface area contributed by atoms with E-state index >= 15 is 0 Å². The van der Waals surface area contributed by atoms with Crippen molar-refractivity contribution in [3.8, 4) is 22.8 Å². The van der Waals surface area contributed by atoms with Crippen molar-refractivity contribution >= 4 is 27.5 Å². The normalized spacial score (nSPS) is 14.8. The molecule has 33 heavy (non-hydrogen) atoms. The van der Waals surface area contributed by atoms with Crippen LogP contribution in [0.1, 0.15) is 10.5 Å². The van der Waals surface area contributed by atoms with Gasteiger partial charge in [0.25, 0.3) is 5.91 Å². The number of benzene rings is 2. The number of piperazine rings is 1. The van der Waals surface area contributed by atoms with E-state index in [1.54, 1.807) is 47.4 Å². The van der Waals surface area contributed by atoms with Crippen molar-refractivity contribution in [2.75, 3.05) is 40.4 Å². The van der Waals surface area contributed by atoms with Crippen LogP contribution < -0.4 is 9.47 Å². The molecule has 1 aliphatic heterocycles. The first-order valence-corrected chi connectivity index (χ1v) is 11.9. The van der Waals surface area contributed by atoms with E-state index in [0.717, 1.165) is 0 Å². The third kappa shape index (κ3) is 4.68. The topological polar surface area (TPSA) is 102 Å². The quantitative estimate of drug-likeness (QED) is 0.521. The molecule has 0 saturated carbocycles. The molecule has 0 radical (unpaired) electrons. The number of sulfonamides is 1. The summed E-state index contributed by atoms with van der Waals surface area (Å²) >= 11 is 6.01. The SMILES string of the molecule is COc1ccc(OC)c(S(=O)(=O)N2CCN(C(=O)c3cc(-c4cccc(Cl)c4)on3)CC2)c1. The fraction of sp³-hybridized carbons (Fsp3) is 0.273. The smallest absolute Gasteiger partial charge is 0.276 e. The zero-order chi connectivity index (χ0) is 23.6. The first-order valence-electron chi connectivity index (χ1n) is 10.1. The number of hydrogen-bond acceptors (Lipinski definition) is 7. The Hall–Kier alpha value is -3.08. The molecule has 174 valence electrons. The summed E-state index contributed by atoms with van der Waals surface area (Å²) in [6, 6.07) is 13.2. The van der Waals surface area contributed by atoms with Crippen LogP contribution in [0, 0.1) is 0 Å². The van der Waals surface area contributed by atoms with Crippen molar-refractivity contribution < 1.29 is 27.2 Å².